The molecule has 0 bridgehead atoms. The molecule has 1 aromatic rings. The van der Waals surface area contributed by atoms with Crippen LogP contribution < -0.4 is 5.56 Å². The number of rotatable bonds is 6. The summed E-state index contributed by atoms with van der Waals surface area (Å²) in [5.41, 5.74) is 0.0745. The van der Waals surface area contributed by atoms with Crippen LogP contribution in [0.3, 0.4) is 0 Å². The minimum atomic E-state index is 0.0745. The fourth-order valence-electron chi connectivity index (χ4n) is 1.07. The summed E-state index contributed by atoms with van der Waals surface area (Å²) in [6.45, 7) is 0.784. The Hall–Kier alpha value is -0.410. The molecule has 1 aromatic heterocycles. The topological polar surface area (TPSA) is 22.0 Å². The van der Waals surface area contributed by atoms with Gasteiger partial charge in [0.2, 0.25) is 0 Å². The Morgan fingerprint density at radius 1 is 1.36 bits per heavy atom. The standard InChI is InChI=1S/C10H14ClNOS/c11-5-3-8-14-9-7-12-6-2-1-4-10(12)13/h1-2,4,6H,3,5,7-9H2. The number of aromatic nitrogens is 1. The fraction of sp³-hybridized carbons (Fsp3) is 0.500. The van der Waals surface area contributed by atoms with Crippen LogP contribution in [0.4, 0.5) is 0 Å². The Bertz CT molecular complexity index is 313. The molecule has 0 saturated heterocycles. The first-order valence-electron chi connectivity index (χ1n) is 4.64. The zero-order valence-corrected chi connectivity index (χ0v) is 9.56. The average Bonchev–Trinajstić information content (AvgIpc) is 2.20. The Morgan fingerprint density at radius 2 is 2.21 bits per heavy atom. The summed E-state index contributed by atoms with van der Waals surface area (Å²) in [6, 6.07) is 5.23. The molecule has 0 spiro atoms. The van der Waals surface area contributed by atoms with Crippen LogP contribution in [0.1, 0.15) is 6.42 Å². The number of alkyl halides is 1. The number of halogens is 1. The lowest BCUT2D eigenvalue weighted by molar-refractivity contribution is 0.735. The molecule has 0 aromatic carbocycles. The second kappa shape index (κ2) is 6.96. The molecule has 0 atom stereocenters. The third-order valence-electron chi connectivity index (χ3n) is 1.80. The summed E-state index contributed by atoms with van der Waals surface area (Å²) in [6.07, 6.45) is 2.86. The maximum atomic E-state index is 11.3. The van der Waals surface area contributed by atoms with E-state index in [9.17, 15) is 4.79 Å². The van der Waals surface area contributed by atoms with Gasteiger partial charge in [-0.05, 0) is 18.2 Å². The van der Waals surface area contributed by atoms with E-state index in [0.717, 1.165) is 30.4 Å². The highest BCUT2D eigenvalue weighted by Gasteiger charge is 1.93. The normalized spacial score (nSPS) is 10.4. The van der Waals surface area contributed by atoms with Gasteiger partial charge in [0.05, 0.1) is 0 Å². The van der Waals surface area contributed by atoms with Crippen LogP contribution in [0, 0.1) is 0 Å². The predicted octanol–water partition coefficient (Wildman–Crippen LogP) is 2.21. The van der Waals surface area contributed by atoms with Gasteiger partial charge in [0.25, 0.3) is 5.56 Å². The van der Waals surface area contributed by atoms with E-state index >= 15 is 0 Å². The van der Waals surface area contributed by atoms with Gasteiger partial charge in [-0.15, -0.1) is 11.6 Å². The summed E-state index contributed by atoms with van der Waals surface area (Å²) in [7, 11) is 0. The number of thioether (sulfide) groups is 1. The van der Waals surface area contributed by atoms with Gasteiger partial charge in [0.15, 0.2) is 0 Å². The lowest BCUT2D eigenvalue weighted by Gasteiger charge is -2.03. The van der Waals surface area contributed by atoms with Gasteiger partial charge in [-0.3, -0.25) is 4.79 Å². The van der Waals surface area contributed by atoms with Gasteiger partial charge in [-0.25, -0.2) is 0 Å². The van der Waals surface area contributed by atoms with E-state index in [1.54, 1.807) is 16.7 Å². The molecule has 0 radical (unpaired) electrons. The maximum absolute atomic E-state index is 11.3. The van der Waals surface area contributed by atoms with Crippen molar-refractivity contribution in [3.05, 3.63) is 34.7 Å². The summed E-state index contributed by atoms with van der Waals surface area (Å²) in [5.74, 6) is 2.77. The van der Waals surface area contributed by atoms with Gasteiger partial charge in [0.1, 0.15) is 0 Å². The molecular weight excluding hydrogens is 218 g/mol. The fourth-order valence-corrected chi connectivity index (χ4v) is 2.24. The molecule has 0 aliphatic heterocycles. The first-order chi connectivity index (χ1) is 6.84. The van der Waals surface area contributed by atoms with Crippen molar-refractivity contribution in [2.45, 2.75) is 13.0 Å². The summed E-state index contributed by atoms with van der Waals surface area (Å²) < 4.78 is 1.73. The van der Waals surface area contributed by atoms with E-state index in [4.69, 9.17) is 11.6 Å². The number of pyridine rings is 1. The van der Waals surface area contributed by atoms with E-state index < -0.39 is 0 Å². The SMILES string of the molecule is O=c1ccccn1CCSCCCCl. The molecule has 0 unspecified atom stereocenters. The van der Waals surface area contributed by atoms with Crippen LogP contribution in [0.15, 0.2) is 29.2 Å². The molecule has 4 heteroatoms. The Morgan fingerprint density at radius 3 is 2.93 bits per heavy atom. The van der Waals surface area contributed by atoms with Crippen LogP contribution in [0.25, 0.3) is 0 Å². The van der Waals surface area contributed by atoms with E-state index in [1.165, 1.54) is 0 Å². The van der Waals surface area contributed by atoms with Crippen LogP contribution in [0.2, 0.25) is 0 Å². The van der Waals surface area contributed by atoms with Crippen molar-refractivity contribution in [3.63, 3.8) is 0 Å². The highest BCUT2D eigenvalue weighted by Crippen LogP contribution is 2.03. The predicted molar refractivity (Wildman–Crippen MR) is 63.4 cm³/mol. The van der Waals surface area contributed by atoms with Crippen molar-refractivity contribution in [3.8, 4) is 0 Å². The molecular formula is C10H14ClNOS. The average molecular weight is 232 g/mol. The number of hydrogen-bond donors (Lipinski definition) is 0. The largest absolute Gasteiger partial charge is 0.315 e. The summed E-state index contributed by atoms with van der Waals surface area (Å²) in [4.78, 5) is 11.3. The molecule has 0 aliphatic rings. The smallest absolute Gasteiger partial charge is 0.250 e. The molecule has 1 rings (SSSR count). The molecule has 0 amide bonds. The van der Waals surface area contributed by atoms with E-state index in [0.29, 0.717) is 0 Å². The summed E-state index contributed by atoms with van der Waals surface area (Å²) >= 11 is 7.39. The highest BCUT2D eigenvalue weighted by atomic mass is 35.5. The van der Waals surface area contributed by atoms with Crippen LogP contribution in [-0.2, 0) is 6.54 Å². The second-order valence-electron chi connectivity index (χ2n) is 2.89. The molecule has 0 saturated carbocycles. The monoisotopic (exact) mass is 231 g/mol. The highest BCUT2D eigenvalue weighted by molar-refractivity contribution is 7.99. The Labute approximate surface area is 93.3 Å². The zero-order valence-electron chi connectivity index (χ0n) is 7.99. The number of aryl methyl sites for hydroxylation is 1. The zero-order chi connectivity index (χ0) is 10.2. The molecule has 0 N–H and O–H groups in total. The molecule has 0 fully saturated rings. The van der Waals surface area contributed by atoms with Gasteiger partial charge >= 0.3 is 0 Å². The third-order valence-corrected chi connectivity index (χ3v) is 3.11. The van der Waals surface area contributed by atoms with Crippen LogP contribution in [0.5, 0.6) is 0 Å². The maximum Gasteiger partial charge on any atom is 0.250 e. The van der Waals surface area contributed by atoms with E-state index in [-0.39, 0.29) is 5.56 Å². The summed E-state index contributed by atoms with van der Waals surface area (Å²) in [5, 5.41) is 0. The van der Waals surface area contributed by atoms with Crippen LogP contribution in [-0.4, -0.2) is 22.0 Å². The second-order valence-corrected chi connectivity index (χ2v) is 4.49. The number of nitrogens with zero attached hydrogens (tertiary/aromatic N) is 1. The minimum Gasteiger partial charge on any atom is -0.315 e. The van der Waals surface area contributed by atoms with E-state index in [1.807, 2.05) is 24.0 Å². The first-order valence-corrected chi connectivity index (χ1v) is 6.32. The van der Waals surface area contributed by atoms with Crippen molar-refractivity contribution in [1.82, 2.24) is 4.57 Å². The third kappa shape index (κ3) is 4.20. The molecule has 1 heterocycles. The van der Waals surface area contributed by atoms with E-state index in [2.05, 4.69) is 0 Å². The van der Waals surface area contributed by atoms with Crippen molar-refractivity contribution >= 4 is 23.4 Å². The van der Waals surface area contributed by atoms with Crippen molar-refractivity contribution < 1.29 is 0 Å². The van der Waals surface area contributed by atoms with Crippen molar-refractivity contribution in [2.24, 2.45) is 0 Å². The van der Waals surface area contributed by atoms with Crippen molar-refractivity contribution in [1.29, 1.82) is 0 Å². The quantitative estimate of drug-likeness (QED) is 0.553. The lowest BCUT2D eigenvalue weighted by Crippen LogP contribution is -2.18. The number of hydrogen-bond acceptors (Lipinski definition) is 2. The van der Waals surface area contributed by atoms with Gasteiger partial charge in [0, 0.05) is 30.4 Å². The first kappa shape index (κ1) is 11.7. The van der Waals surface area contributed by atoms with Crippen molar-refractivity contribution in [2.75, 3.05) is 17.4 Å². The molecule has 2 nitrogen and oxygen atoms in total. The molecule has 0 aliphatic carbocycles. The van der Waals surface area contributed by atoms with Crippen LogP contribution >= 0.6 is 23.4 Å². The molecule has 78 valence electrons. The molecule has 14 heavy (non-hydrogen) atoms. The Kier molecular flexibility index (Phi) is 5.80. The van der Waals surface area contributed by atoms with Gasteiger partial charge in [-0.2, -0.15) is 11.8 Å². The minimum absolute atomic E-state index is 0.0745. The van der Waals surface area contributed by atoms with Gasteiger partial charge in [-0.1, -0.05) is 6.07 Å². The lowest BCUT2D eigenvalue weighted by atomic mass is 10.5. The Balaban J connectivity index is 2.25. The van der Waals surface area contributed by atoms with Gasteiger partial charge < -0.3 is 4.57 Å².